The van der Waals surface area contributed by atoms with Gasteiger partial charge in [0.1, 0.15) is 10.6 Å². The number of anilines is 1. The minimum absolute atomic E-state index is 0.0328. The highest BCUT2D eigenvalue weighted by molar-refractivity contribution is 7.18. The molecule has 0 saturated carbocycles. The van der Waals surface area contributed by atoms with Crippen LogP contribution in [0.2, 0.25) is 0 Å². The van der Waals surface area contributed by atoms with Gasteiger partial charge in [0.05, 0.1) is 23.0 Å². The average Bonchev–Trinajstić information content (AvgIpc) is 3.51. The molecule has 0 fully saturated rings. The fourth-order valence-corrected chi connectivity index (χ4v) is 6.31. The number of aromatic amines is 1. The zero-order valence-corrected chi connectivity index (χ0v) is 21.8. The molecular weight excluding hydrogens is 518 g/mol. The summed E-state index contributed by atoms with van der Waals surface area (Å²) in [5, 5.41) is 8.94. The first-order chi connectivity index (χ1) is 18.9. The van der Waals surface area contributed by atoms with Gasteiger partial charge in [-0.2, -0.15) is 0 Å². The van der Waals surface area contributed by atoms with Crippen LogP contribution < -0.4 is 26.2 Å². The van der Waals surface area contributed by atoms with E-state index in [2.05, 4.69) is 25.9 Å². The molecule has 1 aliphatic carbocycles. The summed E-state index contributed by atoms with van der Waals surface area (Å²) in [6.45, 7) is 2.06. The summed E-state index contributed by atoms with van der Waals surface area (Å²) in [6.07, 6.45) is 1.30. The Kier molecular flexibility index (Phi) is 6.35. The first-order valence-corrected chi connectivity index (χ1v) is 13.4. The SMILES string of the molecule is CC(NC(=O)C1CCc2sc3nc(C(=O)NCc4ccc5c(c4)NC(=O)CO5)[nH]c(=O)c3c21)c1ccccc1. The van der Waals surface area contributed by atoms with E-state index in [1.165, 1.54) is 11.3 Å². The van der Waals surface area contributed by atoms with Crippen LogP contribution in [0.1, 0.15) is 57.5 Å². The second-order valence-electron chi connectivity index (χ2n) is 9.62. The Morgan fingerprint density at radius 2 is 2.00 bits per heavy atom. The number of rotatable bonds is 6. The summed E-state index contributed by atoms with van der Waals surface area (Å²) in [4.78, 5) is 59.2. The third kappa shape index (κ3) is 4.76. The van der Waals surface area contributed by atoms with Gasteiger partial charge in [-0.1, -0.05) is 36.4 Å². The van der Waals surface area contributed by atoms with Crippen LogP contribution in [0, 0.1) is 0 Å². The van der Waals surface area contributed by atoms with Gasteiger partial charge in [0.25, 0.3) is 17.4 Å². The number of hydrogen-bond acceptors (Lipinski definition) is 7. The molecule has 4 N–H and O–H groups in total. The van der Waals surface area contributed by atoms with Crippen LogP contribution in [0.5, 0.6) is 5.75 Å². The molecule has 2 aromatic heterocycles. The predicted octanol–water partition coefficient (Wildman–Crippen LogP) is 3.15. The zero-order chi connectivity index (χ0) is 27.1. The molecule has 2 aromatic carbocycles. The molecule has 198 valence electrons. The highest BCUT2D eigenvalue weighted by Gasteiger charge is 2.35. The maximum Gasteiger partial charge on any atom is 0.287 e. The van der Waals surface area contributed by atoms with Crippen LogP contribution in [0.4, 0.5) is 5.69 Å². The lowest BCUT2D eigenvalue weighted by Crippen LogP contribution is -2.31. The summed E-state index contributed by atoms with van der Waals surface area (Å²) in [7, 11) is 0. The number of benzene rings is 2. The first kappa shape index (κ1) is 24.8. The fourth-order valence-electron chi connectivity index (χ4n) is 5.06. The number of carbonyl (C=O) groups excluding carboxylic acids is 3. The molecule has 3 amide bonds. The van der Waals surface area contributed by atoms with Gasteiger partial charge < -0.3 is 25.7 Å². The highest BCUT2D eigenvalue weighted by atomic mass is 32.1. The number of aryl methyl sites for hydroxylation is 1. The van der Waals surface area contributed by atoms with Crippen molar-refractivity contribution in [3.63, 3.8) is 0 Å². The van der Waals surface area contributed by atoms with Crippen molar-refractivity contribution in [1.82, 2.24) is 20.6 Å². The smallest absolute Gasteiger partial charge is 0.287 e. The van der Waals surface area contributed by atoms with Gasteiger partial charge in [-0.05, 0) is 48.6 Å². The van der Waals surface area contributed by atoms with E-state index < -0.39 is 17.4 Å². The molecule has 10 nitrogen and oxygen atoms in total. The lowest BCUT2D eigenvalue weighted by molar-refractivity contribution is -0.123. The van der Waals surface area contributed by atoms with Gasteiger partial charge in [0.2, 0.25) is 11.7 Å². The Hall–Kier alpha value is -4.51. The number of amides is 3. The molecule has 11 heteroatoms. The van der Waals surface area contributed by atoms with E-state index in [-0.39, 0.29) is 36.8 Å². The Morgan fingerprint density at radius 1 is 1.18 bits per heavy atom. The number of fused-ring (bicyclic) bond motifs is 4. The maximum absolute atomic E-state index is 13.2. The van der Waals surface area contributed by atoms with Crippen molar-refractivity contribution in [3.05, 3.63) is 86.3 Å². The van der Waals surface area contributed by atoms with E-state index in [0.29, 0.717) is 40.1 Å². The van der Waals surface area contributed by atoms with E-state index >= 15 is 0 Å². The van der Waals surface area contributed by atoms with Gasteiger partial charge in [-0.25, -0.2) is 4.98 Å². The van der Waals surface area contributed by atoms with Crippen molar-refractivity contribution in [3.8, 4) is 5.75 Å². The van der Waals surface area contributed by atoms with Crippen molar-refractivity contribution in [2.45, 2.75) is 38.3 Å². The molecule has 3 heterocycles. The quantitative estimate of drug-likeness (QED) is 0.294. The van der Waals surface area contributed by atoms with Crippen LogP contribution in [0.15, 0.2) is 53.3 Å². The minimum Gasteiger partial charge on any atom is -0.482 e. The number of H-pyrrole nitrogens is 1. The molecular formula is C28H25N5O5S. The molecule has 0 bridgehead atoms. The van der Waals surface area contributed by atoms with Gasteiger partial charge in [-0.3, -0.25) is 19.2 Å². The molecule has 0 saturated heterocycles. The number of aromatic nitrogens is 2. The van der Waals surface area contributed by atoms with Crippen LogP contribution in [0.25, 0.3) is 10.2 Å². The number of carbonyl (C=O) groups is 3. The molecule has 0 spiro atoms. The van der Waals surface area contributed by atoms with Crippen molar-refractivity contribution in [2.24, 2.45) is 0 Å². The predicted molar refractivity (Wildman–Crippen MR) is 146 cm³/mol. The number of hydrogen-bond donors (Lipinski definition) is 4. The number of ether oxygens (including phenoxy) is 1. The van der Waals surface area contributed by atoms with Crippen LogP contribution >= 0.6 is 11.3 Å². The third-order valence-corrected chi connectivity index (χ3v) is 8.16. The standard InChI is InChI=1S/C28H25N5O5S/c1-14(16-5-3-2-4-6-16)30-25(35)17-8-10-20-22(17)23-26(36)32-24(33-28(23)39-20)27(37)29-12-15-7-9-19-18(11-15)31-21(34)13-38-19/h2-7,9,11,14,17H,8,10,12-13H2,1H3,(H,29,37)(H,30,35)(H,31,34)(H,32,33,36). The molecule has 2 unspecified atom stereocenters. The normalized spacial score (nSPS) is 16.5. The lowest BCUT2D eigenvalue weighted by atomic mass is 9.99. The van der Waals surface area contributed by atoms with Crippen LogP contribution in [-0.4, -0.2) is 34.3 Å². The molecule has 39 heavy (non-hydrogen) atoms. The van der Waals surface area contributed by atoms with E-state index in [1.54, 1.807) is 18.2 Å². The summed E-state index contributed by atoms with van der Waals surface area (Å²) >= 11 is 1.35. The Bertz CT molecular complexity index is 1680. The van der Waals surface area contributed by atoms with E-state index in [0.717, 1.165) is 16.0 Å². The summed E-state index contributed by atoms with van der Waals surface area (Å²) in [5.41, 5.74) is 2.56. The molecule has 4 aromatic rings. The van der Waals surface area contributed by atoms with Gasteiger partial charge in [-0.15, -0.1) is 11.3 Å². The van der Waals surface area contributed by atoms with E-state index in [1.807, 2.05) is 37.3 Å². The maximum atomic E-state index is 13.2. The van der Waals surface area contributed by atoms with Gasteiger partial charge >= 0.3 is 0 Å². The molecule has 1 aliphatic heterocycles. The van der Waals surface area contributed by atoms with E-state index in [9.17, 15) is 19.2 Å². The Balaban J connectivity index is 1.19. The summed E-state index contributed by atoms with van der Waals surface area (Å²) in [6, 6.07) is 14.8. The van der Waals surface area contributed by atoms with Crippen LogP contribution in [0.3, 0.4) is 0 Å². The van der Waals surface area contributed by atoms with Crippen molar-refractivity contribution in [2.75, 3.05) is 11.9 Å². The average molecular weight is 544 g/mol. The molecule has 2 atom stereocenters. The summed E-state index contributed by atoms with van der Waals surface area (Å²) < 4.78 is 5.35. The third-order valence-electron chi connectivity index (χ3n) is 7.00. The molecule has 2 aliphatic rings. The number of thiophene rings is 1. The monoisotopic (exact) mass is 543 g/mol. The molecule has 6 rings (SSSR count). The number of nitrogens with zero attached hydrogens (tertiary/aromatic N) is 1. The summed E-state index contributed by atoms with van der Waals surface area (Å²) in [5.74, 6) is -0.888. The van der Waals surface area contributed by atoms with Crippen molar-refractivity contribution >= 4 is 45.0 Å². The van der Waals surface area contributed by atoms with Crippen molar-refractivity contribution < 1.29 is 19.1 Å². The minimum atomic E-state index is -0.536. The van der Waals surface area contributed by atoms with Gasteiger partial charge in [0.15, 0.2) is 6.61 Å². The van der Waals surface area contributed by atoms with Crippen LogP contribution in [-0.2, 0) is 22.6 Å². The topological polar surface area (TPSA) is 142 Å². The Labute approximate surface area is 226 Å². The zero-order valence-electron chi connectivity index (χ0n) is 21.0. The second kappa shape index (κ2) is 9.99. The first-order valence-electron chi connectivity index (χ1n) is 12.6. The largest absolute Gasteiger partial charge is 0.482 e. The Morgan fingerprint density at radius 3 is 2.82 bits per heavy atom. The number of nitrogens with one attached hydrogen (secondary N) is 4. The van der Waals surface area contributed by atoms with Crippen molar-refractivity contribution in [1.29, 1.82) is 0 Å². The fraction of sp³-hybridized carbons (Fsp3) is 0.250. The second-order valence-corrected chi connectivity index (χ2v) is 10.7. The lowest BCUT2D eigenvalue weighted by Gasteiger charge is -2.18. The van der Waals surface area contributed by atoms with E-state index in [4.69, 9.17) is 4.74 Å². The highest BCUT2D eigenvalue weighted by Crippen LogP contribution is 2.42. The molecule has 0 radical (unpaired) electrons. The van der Waals surface area contributed by atoms with Gasteiger partial charge in [0, 0.05) is 11.4 Å².